The van der Waals surface area contributed by atoms with Gasteiger partial charge in [0.1, 0.15) is 0 Å². The molecule has 3 heteroatoms. The maximum atomic E-state index is 5.92. The molecule has 2 heterocycles. The van der Waals surface area contributed by atoms with Crippen LogP contribution in [0.15, 0.2) is 60.7 Å². The van der Waals surface area contributed by atoms with Gasteiger partial charge in [-0.15, -0.1) is 0 Å². The van der Waals surface area contributed by atoms with Gasteiger partial charge in [0.2, 0.25) is 0 Å². The average Bonchev–Trinajstić information content (AvgIpc) is 2.69. The molecular weight excluding hydrogens is 308 g/mol. The van der Waals surface area contributed by atoms with Gasteiger partial charge < -0.3 is 14.5 Å². The topological polar surface area (TPSA) is 15.7 Å². The van der Waals surface area contributed by atoms with Crippen LogP contribution in [-0.2, 0) is 11.2 Å². The molecule has 0 aromatic heterocycles. The SMILES string of the molecule is c1ccc(CCN2CCC3(CC2)COCCN3c2ccccc2)cc1. The number of morpholine rings is 1. The van der Waals surface area contributed by atoms with Crippen molar-refractivity contribution in [3.63, 3.8) is 0 Å². The van der Waals surface area contributed by atoms with Crippen molar-refractivity contribution in [1.82, 2.24) is 4.90 Å². The summed E-state index contributed by atoms with van der Waals surface area (Å²) in [4.78, 5) is 5.24. The van der Waals surface area contributed by atoms with Crippen molar-refractivity contribution >= 4 is 5.69 Å². The zero-order chi connectivity index (χ0) is 17.0. The fraction of sp³-hybridized carbons (Fsp3) is 0.455. The smallest absolute Gasteiger partial charge is 0.0700 e. The van der Waals surface area contributed by atoms with E-state index in [1.54, 1.807) is 0 Å². The number of para-hydroxylation sites is 1. The number of rotatable bonds is 4. The number of anilines is 1. The predicted octanol–water partition coefficient (Wildman–Crippen LogP) is 3.60. The van der Waals surface area contributed by atoms with Gasteiger partial charge in [-0.2, -0.15) is 0 Å². The molecule has 3 nitrogen and oxygen atoms in total. The summed E-state index contributed by atoms with van der Waals surface area (Å²) in [5.74, 6) is 0. The molecule has 0 radical (unpaired) electrons. The quantitative estimate of drug-likeness (QED) is 0.848. The molecular formula is C22H28N2O. The molecule has 2 fully saturated rings. The Hall–Kier alpha value is -1.84. The first-order valence-electron chi connectivity index (χ1n) is 9.53. The van der Waals surface area contributed by atoms with Gasteiger partial charge in [-0.1, -0.05) is 48.5 Å². The molecule has 0 aliphatic carbocycles. The Kier molecular flexibility index (Phi) is 5.04. The Balaban J connectivity index is 1.39. The number of hydrogen-bond donors (Lipinski definition) is 0. The Bertz CT molecular complexity index is 650. The molecule has 0 unspecified atom stereocenters. The van der Waals surface area contributed by atoms with Gasteiger partial charge in [-0.05, 0) is 37.0 Å². The summed E-state index contributed by atoms with van der Waals surface area (Å²) in [6.07, 6.45) is 3.53. The second-order valence-corrected chi connectivity index (χ2v) is 7.34. The number of piperidine rings is 1. The minimum Gasteiger partial charge on any atom is -0.377 e. The van der Waals surface area contributed by atoms with E-state index in [2.05, 4.69) is 70.5 Å². The van der Waals surface area contributed by atoms with Gasteiger partial charge in [0.25, 0.3) is 0 Å². The van der Waals surface area contributed by atoms with Gasteiger partial charge in [0, 0.05) is 31.9 Å². The second kappa shape index (κ2) is 7.59. The molecule has 0 atom stereocenters. The largest absolute Gasteiger partial charge is 0.377 e. The average molecular weight is 336 g/mol. The van der Waals surface area contributed by atoms with Crippen LogP contribution < -0.4 is 4.90 Å². The van der Waals surface area contributed by atoms with E-state index >= 15 is 0 Å². The van der Waals surface area contributed by atoms with E-state index in [4.69, 9.17) is 4.74 Å². The molecule has 0 amide bonds. The molecule has 2 aromatic rings. The highest BCUT2D eigenvalue weighted by Gasteiger charge is 2.42. The minimum atomic E-state index is 0.183. The summed E-state index contributed by atoms with van der Waals surface area (Å²) in [7, 11) is 0. The number of nitrogens with zero attached hydrogens (tertiary/aromatic N) is 2. The fourth-order valence-electron chi connectivity index (χ4n) is 4.28. The number of benzene rings is 2. The standard InChI is InChI=1S/C22H28N2O/c1-3-7-20(8-4-1)11-14-23-15-12-22(13-16-23)19-25-18-17-24(22)21-9-5-2-6-10-21/h1-10H,11-19H2. The maximum Gasteiger partial charge on any atom is 0.0700 e. The first-order chi connectivity index (χ1) is 12.4. The van der Waals surface area contributed by atoms with Gasteiger partial charge >= 0.3 is 0 Å². The second-order valence-electron chi connectivity index (χ2n) is 7.34. The zero-order valence-corrected chi connectivity index (χ0v) is 14.9. The summed E-state index contributed by atoms with van der Waals surface area (Å²) < 4.78 is 5.92. The highest BCUT2D eigenvalue weighted by Crippen LogP contribution is 2.35. The highest BCUT2D eigenvalue weighted by atomic mass is 16.5. The van der Waals surface area contributed by atoms with E-state index in [0.29, 0.717) is 0 Å². The minimum absolute atomic E-state index is 0.183. The Morgan fingerprint density at radius 3 is 2.24 bits per heavy atom. The van der Waals surface area contributed by atoms with Crippen LogP contribution >= 0.6 is 0 Å². The summed E-state index contributed by atoms with van der Waals surface area (Å²) in [6.45, 7) is 6.21. The Labute approximate surface area is 151 Å². The predicted molar refractivity (Wildman–Crippen MR) is 103 cm³/mol. The van der Waals surface area contributed by atoms with Crippen LogP contribution in [0.3, 0.4) is 0 Å². The Morgan fingerprint density at radius 1 is 0.840 bits per heavy atom. The van der Waals surface area contributed by atoms with Crippen LogP contribution in [0.2, 0.25) is 0 Å². The third-order valence-corrected chi connectivity index (χ3v) is 5.82. The van der Waals surface area contributed by atoms with Gasteiger partial charge in [-0.25, -0.2) is 0 Å². The van der Waals surface area contributed by atoms with E-state index < -0.39 is 0 Å². The molecule has 2 saturated heterocycles. The summed E-state index contributed by atoms with van der Waals surface area (Å²) >= 11 is 0. The molecule has 1 spiro atoms. The van der Waals surface area contributed by atoms with Crippen LogP contribution in [0.1, 0.15) is 18.4 Å². The lowest BCUT2D eigenvalue weighted by Gasteiger charge is -2.52. The number of hydrogen-bond acceptors (Lipinski definition) is 3. The zero-order valence-electron chi connectivity index (χ0n) is 14.9. The highest BCUT2D eigenvalue weighted by molar-refractivity contribution is 5.49. The van der Waals surface area contributed by atoms with Crippen molar-refractivity contribution in [2.75, 3.05) is 44.3 Å². The van der Waals surface area contributed by atoms with Crippen molar-refractivity contribution in [3.05, 3.63) is 66.2 Å². The normalized spacial score (nSPS) is 20.7. The molecule has 4 rings (SSSR count). The molecule has 132 valence electrons. The molecule has 25 heavy (non-hydrogen) atoms. The van der Waals surface area contributed by atoms with Crippen LogP contribution in [0, 0.1) is 0 Å². The summed E-state index contributed by atoms with van der Waals surface area (Å²) in [5.41, 5.74) is 2.97. The van der Waals surface area contributed by atoms with Crippen molar-refractivity contribution < 1.29 is 4.74 Å². The van der Waals surface area contributed by atoms with Crippen molar-refractivity contribution in [2.24, 2.45) is 0 Å². The van der Waals surface area contributed by atoms with Crippen LogP contribution in [0.5, 0.6) is 0 Å². The molecule has 2 aliphatic rings. The van der Waals surface area contributed by atoms with Crippen LogP contribution in [-0.4, -0.2) is 49.8 Å². The lowest BCUT2D eigenvalue weighted by molar-refractivity contribution is 0.0165. The Morgan fingerprint density at radius 2 is 1.52 bits per heavy atom. The molecule has 2 aromatic carbocycles. The lowest BCUT2D eigenvalue weighted by Crippen LogP contribution is -2.62. The number of ether oxygens (including phenoxy) is 1. The molecule has 0 saturated carbocycles. The third kappa shape index (κ3) is 3.73. The molecule has 0 N–H and O–H groups in total. The lowest BCUT2D eigenvalue weighted by atomic mass is 9.84. The van der Waals surface area contributed by atoms with Gasteiger partial charge in [0.15, 0.2) is 0 Å². The van der Waals surface area contributed by atoms with Crippen molar-refractivity contribution in [2.45, 2.75) is 24.8 Å². The van der Waals surface area contributed by atoms with E-state index in [0.717, 1.165) is 32.7 Å². The first kappa shape index (κ1) is 16.6. The third-order valence-electron chi connectivity index (χ3n) is 5.82. The van der Waals surface area contributed by atoms with Crippen LogP contribution in [0.4, 0.5) is 5.69 Å². The maximum absolute atomic E-state index is 5.92. The fourth-order valence-corrected chi connectivity index (χ4v) is 4.28. The van der Waals surface area contributed by atoms with Gasteiger partial charge in [0.05, 0.1) is 18.8 Å². The number of likely N-dealkylation sites (tertiary alicyclic amines) is 1. The van der Waals surface area contributed by atoms with Crippen LogP contribution in [0.25, 0.3) is 0 Å². The molecule has 2 aliphatic heterocycles. The monoisotopic (exact) mass is 336 g/mol. The van der Waals surface area contributed by atoms with E-state index in [-0.39, 0.29) is 5.54 Å². The van der Waals surface area contributed by atoms with E-state index in [1.807, 2.05) is 0 Å². The first-order valence-corrected chi connectivity index (χ1v) is 9.53. The summed E-state index contributed by atoms with van der Waals surface area (Å²) in [6, 6.07) is 21.7. The van der Waals surface area contributed by atoms with Gasteiger partial charge in [-0.3, -0.25) is 0 Å². The van der Waals surface area contributed by atoms with E-state index in [9.17, 15) is 0 Å². The van der Waals surface area contributed by atoms with Crippen molar-refractivity contribution in [1.29, 1.82) is 0 Å². The van der Waals surface area contributed by atoms with E-state index in [1.165, 1.54) is 37.2 Å². The van der Waals surface area contributed by atoms with Crippen molar-refractivity contribution in [3.8, 4) is 0 Å². The molecule has 0 bridgehead atoms. The summed E-state index contributed by atoms with van der Waals surface area (Å²) in [5, 5.41) is 0.